The number of fused-ring (bicyclic) bond motifs is 2. The summed E-state index contributed by atoms with van der Waals surface area (Å²) in [4.78, 5) is 36.6. The van der Waals surface area contributed by atoms with Crippen molar-refractivity contribution in [3.05, 3.63) is 94.9 Å². The van der Waals surface area contributed by atoms with E-state index in [0.717, 1.165) is 21.4 Å². The molecular formula is C27H27N5O2S. The molecule has 0 unspecified atom stereocenters. The first-order chi connectivity index (χ1) is 17.0. The summed E-state index contributed by atoms with van der Waals surface area (Å²) in [5.41, 5.74) is 4.07. The first-order valence-electron chi connectivity index (χ1n) is 11.6. The summed E-state index contributed by atoms with van der Waals surface area (Å²) in [6.45, 7) is 2.29. The fourth-order valence-electron chi connectivity index (χ4n) is 4.48. The summed E-state index contributed by atoms with van der Waals surface area (Å²) in [5.74, 6) is -0.189. The van der Waals surface area contributed by atoms with Crippen molar-refractivity contribution in [2.45, 2.75) is 25.8 Å². The maximum absolute atomic E-state index is 13.4. The van der Waals surface area contributed by atoms with E-state index in [2.05, 4.69) is 27.4 Å². The van der Waals surface area contributed by atoms with Crippen molar-refractivity contribution in [1.29, 1.82) is 0 Å². The third-order valence-electron chi connectivity index (χ3n) is 6.40. The van der Waals surface area contributed by atoms with E-state index in [1.165, 1.54) is 11.3 Å². The van der Waals surface area contributed by atoms with Gasteiger partial charge >= 0.3 is 0 Å². The second kappa shape index (κ2) is 9.76. The second-order valence-corrected chi connectivity index (χ2v) is 9.56. The normalized spacial score (nSPS) is 12.2. The van der Waals surface area contributed by atoms with Gasteiger partial charge in [-0.1, -0.05) is 30.3 Å². The minimum absolute atomic E-state index is 0.0352. The van der Waals surface area contributed by atoms with Crippen LogP contribution < -0.4 is 5.32 Å². The lowest BCUT2D eigenvalue weighted by Crippen LogP contribution is -2.41. The van der Waals surface area contributed by atoms with Gasteiger partial charge in [-0.05, 0) is 49.6 Å². The van der Waals surface area contributed by atoms with Gasteiger partial charge in [0.25, 0.3) is 11.8 Å². The topological polar surface area (TPSA) is 82.5 Å². The van der Waals surface area contributed by atoms with Gasteiger partial charge in [0.05, 0.1) is 5.69 Å². The highest BCUT2D eigenvalue weighted by Gasteiger charge is 2.23. The molecule has 3 heterocycles. The molecule has 0 radical (unpaired) electrons. The Morgan fingerprint density at radius 2 is 2.00 bits per heavy atom. The van der Waals surface area contributed by atoms with Crippen molar-refractivity contribution < 1.29 is 9.59 Å². The Labute approximate surface area is 207 Å². The molecule has 0 aliphatic carbocycles. The summed E-state index contributed by atoms with van der Waals surface area (Å²) in [7, 11) is 1.84. The van der Waals surface area contributed by atoms with E-state index >= 15 is 0 Å². The van der Waals surface area contributed by atoms with E-state index < -0.39 is 0 Å². The molecule has 0 aliphatic heterocycles. The Morgan fingerprint density at radius 3 is 2.83 bits per heavy atom. The Kier molecular flexibility index (Phi) is 6.37. The van der Waals surface area contributed by atoms with Crippen LogP contribution >= 0.6 is 11.3 Å². The van der Waals surface area contributed by atoms with E-state index in [1.807, 2.05) is 78.6 Å². The molecule has 7 nitrogen and oxygen atoms in total. The molecule has 35 heavy (non-hydrogen) atoms. The number of hydrogen-bond donors (Lipinski definition) is 2. The van der Waals surface area contributed by atoms with Gasteiger partial charge < -0.3 is 15.2 Å². The van der Waals surface area contributed by atoms with E-state index in [4.69, 9.17) is 0 Å². The summed E-state index contributed by atoms with van der Waals surface area (Å²) >= 11 is 1.50. The van der Waals surface area contributed by atoms with Crippen LogP contribution in [-0.4, -0.2) is 50.7 Å². The van der Waals surface area contributed by atoms with Gasteiger partial charge in [0, 0.05) is 53.9 Å². The standard InChI is InChI=1S/C27H27N5O2S/c1-18-24(32-14-15-35-27(32)30-18)25(33)29-13-11-22(16-19-6-4-3-5-7-19)31(2)26(34)21-8-9-23-20(17-21)10-12-28-23/h3-10,12,14-15,17,22,28H,11,13,16H2,1-2H3,(H,29,33)/t22-/m1/s1. The number of amides is 2. The highest BCUT2D eigenvalue weighted by Crippen LogP contribution is 2.19. The quantitative estimate of drug-likeness (QED) is 0.335. The smallest absolute Gasteiger partial charge is 0.270 e. The summed E-state index contributed by atoms with van der Waals surface area (Å²) < 4.78 is 1.82. The lowest BCUT2D eigenvalue weighted by Gasteiger charge is -2.29. The van der Waals surface area contributed by atoms with Crippen LogP contribution in [0.5, 0.6) is 0 Å². The molecule has 0 saturated carbocycles. The largest absolute Gasteiger partial charge is 0.361 e. The maximum atomic E-state index is 13.4. The average Bonchev–Trinajstić information content (AvgIpc) is 3.58. The number of carbonyl (C=O) groups is 2. The number of nitrogens with zero attached hydrogens (tertiary/aromatic N) is 3. The van der Waals surface area contributed by atoms with Gasteiger partial charge in [-0.3, -0.25) is 14.0 Å². The molecular weight excluding hydrogens is 458 g/mol. The minimum Gasteiger partial charge on any atom is -0.361 e. The van der Waals surface area contributed by atoms with E-state index in [0.29, 0.717) is 36.3 Å². The van der Waals surface area contributed by atoms with E-state index in [-0.39, 0.29) is 17.9 Å². The third-order valence-corrected chi connectivity index (χ3v) is 7.15. The van der Waals surface area contributed by atoms with Crippen molar-refractivity contribution >= 4 is 39.0 Å². The van der Waals surface area contributed by atoms with Gasteiger partial charge in [-0.15, -0.1) is 11.3 Å². The fraction of sp³-hybridized carbons (Fsp3) is 0.222. The minimum atomic E-state index is -0.154. The molecule has 2 N–H and O–H groups in total. The SMILES string of the molecule is Cc1nc2sccn2c1C(=O)NCC[C@H](Cc1ccccc1)N(C)C(=O)c1ccc2[nH]ccc2c1. The van der Waals surface area contributed by atoms with Crippen LogP contribution in [0.3, 0.4) is 0 Å². The number of aryl methyl sites for hydroxylation is 1. The Balaban J connectivity index is 1.31. The monoisotopic (exact) mass is 485 g/mol. The molecule has 2 aromatic carbocycles. The van der Waals surface area contributed by atoms with Crippen molar-refractivity contribution in [2.24, 2.45) is 0 Å². The molecule has 178 valence electrons. The summed E-state index contributed by atoms with van der Waals surface area (Å²) in [6.07, 6.45) is 5.06. The van der Waals surface area contributed by atoms with Gasteiger partial charge in [-0.2, -0.15) is 0 Å². The number of thiazole rings is 1. The molecule has 8 heteroatoms. The van der Waals surface area contributed by atoms with Crippen molar-refractivity contribution in [3.63, 3.8) is 0 Å². The first-order valence-corrected chi connectivity index (χ1v) is 12.5. The number of aromatic amines is 1. The molecule has 0 aliphatic rings. The fourth-order valence-corrected chi connectivity index (χ4v) is 5.24. The van der Waals surface area contributed by atoms with Crippen LogP contribution in [0.1, 0.15) is 38.5 Å². The van der Waals surface area contributed by atoms with Gasteiger partial charge in [0.2, 0.25) is 0 Å². The zero-order valence-electron chi connectivity index (χ0n) is 19.7. The first kappa shape index (κ1) is 22.9. The number of likely N-dealkylation sites (N-methyl/N-ethyl adjacent to an activating group) is 1. The number of nitrogens with one attached hydrogen (secondary N) is 2. The van der Waals surface area contributed by atoms with Gasteiger partial charge in [0.15, 0.2) is 4.96 Å². The number of aromatic nitrogens is 3. The van der Waals surface area contributed by atoms with Crippen LogP contribution in [0.4, 0.5) is 0 Å². The van der Waals surface area contributed by atoms with Crippen LogP contribution in [0.25, 0.3) is 15.9 Å². The molecule has 2 amide bonds. The maximum Gasteiger partial charge on any atom is 0.270 e. The van der Waals surface area contributed by atoms with Crippen LogP contribution in [-0.2, 0) is 6.42 Å². The predicted molar refractivity (Wildman–Crippen MR) is 139 cm³/mol. The Hall–Kier alpha value is -3.91. The molecule has 0 fully saturated rings. The number of rotatable bonds is 8. The number of benzene rings is 2. The molecule has 1 atom stereocenters. The van der Waals surface area contributed by atoms with Crippen molar-refractivity contribution in [2.75, 3.05) is 13.6 Å². The number of carbonyl (C=O) groups excluding carboxylic acids is 2. The molecule has 0 spiro atoms. The number of hydrogen-bond acceptors (Lipinski definition) is 4. The van der Waals surface area contributed by atoms with Crippen LogP contribution in [0, 0.1) is 6.92 Å². The van der Waals surface area contributed by atoms with E-state index in [1.54, 1.807) is 4.90 Å². The zero-order valence-corrected chi connectivity index (χ0v) is 20.5. The third kappa shape index (κ3) is 4.70. The number of H-pyrrole nitrogens is 1. The highest BCUT2D eigenvalue weighted by molar-refractivity contribution is 7.15. The Morgan fingerprint density at radius 1 is 1.17 bits per heavy atom. The molecule has 5 aromatic rings. The van der Waals surface area contributed by atoms with E-state index in [9.17, 15) is 9.59 Å². The Bertz CT molecular complexity index is 1480. The zero-order chi connectivity index (χ0) is 24.4. The van der Waals surface area contributed by atoms with Crippen molar-refractivity contribution in [1.82, 2.24) is 24.6 Å². The summed E-state index contributed by atoms with van der Waals surface area (Å²) in [5, 5.41) is 5.96. The lowest BCUT2D eigenvalue weighted by molar-refractivity contribution is 0.0723. The van der Waals surface area contributed by atoms with Crippen molar-refractivity contribution in [3.8, 4) is 0 Å². The molecule has 0 bridgehead atoms. The van der Waals surface area contributed by atoms with Crippen LogP contribution in [0.2, 0.25) is 0 Å². The molecule has 5 rings (SSSR count). The summed E-state index contributed by atoms with van der Waals surface area (Å²) in [6, 6.07) is 17.7. The van der Waals surface area contributed by atoms with Crippen LogP contribution in [0.15, 0.2) is 72.4 Å². The molecule has 0 saturated heterocycles. The number of imidazole rings is 1. The molecule has 3 aromatic heterocycles. The van der Waals surface area contributed by atoms with Gasteiger partial charge in [0.1, 0.15) is 5.69 Å². The lowest BCUT2D eigenvalue weighted by atomic mass is 10.0. The average molecular weight is 486 g/mol. The second-order valence-electron chi connectivity index (χ2n) is 8.69. The van der Waals surface area contributed by atoms with Gasteiger partial charge in [-0.25, -0.2) is 4.98 Å². The highest BCUT2D eigenvalue weighted by atomic mass is 32.1. The predicted octanol–water partition coefficient (Wildman–Crippen LogP) is 4.69.